The average molecular weight is 196 g/mol. The Labute approximate surface area is 82.7 Å². The van der Waals surface area contributed by atoms with Gasteiger partial charge in [0.1, 0.15) is 0 Å². The first-order valence-corrected chi connectivity index (χ1v) is 6.20. The van der Waals surface area contributed by atoms with Crippen LogP contribution < -0.4 is 0 Å². The maximum atomic E-state index is 10.7. The van der Waals surface area contributed by atoms with Gasteiger partial charge in [0.2, 0.25) is 0 Å². The van der Waals surface area contributed by atoms with Crippen LogP contribution in [0.4, 0.5) is 0 Å². The van der Waals surface area contributed by atoms with E-state index in [1.807, 2.05) is 12.2 Å². The van der Waals surface area contributed by atoms with Crippen molar-refractivity contribution in [1.29, 1.82) is 0 Å². The lowest BCUT2D eigenvalue weighted by molar-refractivity contribution is 0.681. The van der Waals surface area contributed by atoms with Gasteiger partial charge in [0.05, 0.1) is 0 Å². The van der Waals surface area contributed by atoms with Gasteiger partial charge in [-0.05, 0) is 31.3 Å². The van der Waals surface area contributed by atoms with Crippen LogP contribution in [0.15, 0.2) is 35.3 Å². The molecule has 0 aromatic carbocycles. The van der Waals surface area contributed by atoms with E-state index in [4.69, 9.17) is 0 Å². The van der Waals surface area contributed by atoms with Gasteiger partial charge in [0, 0.05) is 22.5 Å². The highest BCUT2D eigenvalue weighted by molar-refractivity contribution is 7.87. The number of rotatable bonds is 2. The Morgan fingerprint density at radius 2 is 2.08 bits per heavy atom. The summed E-state index contributed by atoms with van der Waals surface area (Å²) in [5.41, 5.74) is 2.57. The molecular weight excluding hydrogens is 180 g/mol. The lowest BCUT2D eigenvalue weighted by atomic mass is 9.90. The van der Waals surface area contributed by atoms with Crippen molar-refractivity contribution in [3.8, 4) is 0 Å². The Kier molecular flexibility index (Phi) is 4.16. The van der Waals surface area contributed by atoms with Crippen molar-refractivity contribution in [3.63, 3.8) is 0 Å². The molecule has 13 heavy (non-hydrogen) atoms. The minimum absolute atomic E-state index is 0.836. The normalized spacial score (nSPS) is 24.1. The van der Waals surface area contributed by atoms with Crippen LogP contribution >= 0.6 is 0 Å². The largest absolute Gasteiger partial charge is 0.255 e. The number of hydrogen-bond donors (Lipinski definition) is 0. The van der Waals surface area contributed by atoms with E-state index in [-0.39, 0.29) is 0 Å². The van der Waals surface area contributed by atoms with Gasteiger partial charge in [-0.2, -0.15) is 0 Å². The molecule has 0 spiro atoms. The van der Waals surface area contributed by atoms with Crippen molar-refractivity contribution < 1.29 is 4.21 Å². The molecule has 1 aliphatic carbocycles. The third kappa shape index (κ3) is 3.73. The van der Waals surface area contributed by atoms with E-state index in [0.29, 0.717) is 0 Å². The fourth-order valence-electron chi connectivity index (χ4n) is 1.46. The summed E-state index contributed by atoms with van der Waals surface area (Å²) < 4.78 is 10.7. The molecule has 0 amide bonds. The zero-order valence-electron chi connectivity index (χ0n) is 8.08. The lowest BCUT2D eigenvalue weighted by Gasteiger charge is -2.15. The van der Waals surface area contributed by atoms with E-state index in [1.165, 1.54) is 24.0 Å². The van der Waals surface area contributed by atoms with Crippen LogP contribution in [-0.2, 0) is 10.8 Å². The van der Waals surface area contributed by atoms with Crippen molar-refractivity contribution in [1.82, 2.24) is 0 Å². The van der Waals surface area contributed by atoms with Crippen LogP contribution in [0.1, 0.15) is 25.7 Å². The summed E-state index contributed by atoms with van der Waals surface area (Å²) in [5.74, 6) is 0. The molecule has 0 aromatic heterocycles. The monoisotopic (exact) mass is 196 g/mol. The van der Waals surface area contributed by atoms with E-state index >= 15 is 0 Å². The van der Waals surface area contributed by atoms with Gasteiger partial charge in [0.25, 0.3) is 0 Å². The lowest BCUT2D eigenvalue weighted by Crippen LogP contribution is -1.96. The van der Waals surface area contributed by atoms with Gasteiger partial charge in [-0.3, -0.25) is 4.21 Å². The Morgan fingerprint density at radius 1 is 1.38 bits per heavy atom. The summed E-state index contributed by atoms with van der Waals surface area (Å²) in [7, 11) is -0.836. The van der Waals surface area contributed by atoms with Gasteiger partial charge in [0.15, 0.2) is 0 Å². The Morgan fingerprint density at radius 3 is 2.69 bits per heavy atom. The number of hydrogen-bond acceptors (Lipinski definition) is 1. The zero-order valence-corrected chi connectivity index (χ0v) is 8.90. The Hall–Kier alpha value is -0.630. The van der Waals surface area contributed by atoms with Crippen LogP contribution in [-0.4, -0.2) is 10.5 Å². The molecule has 1 unspecified atom stereocenters. The van der Waals surface area contributed by atoms with Crippen molar-refractivity contribution in [3.05, 3.63) is 35.3 Å². The highest BCUT2D eigenvalue weighted by Crippen LogP contribution is 2.26. The molecule has 1 aliphatic rings. The molecule has 0 heterocycles. The maximum absolute atomic E-state index is 10.7. The molecule has 1 fully saturated rings. The van der Waals surface area contributed by atoms with Crippen LogP contribution in [0.3, 0.4) is 0 Å². The summed E-state index contributed by atoms with van der Waals surface area (Å²) in [6.07, 6.45) is 10.4. The summed E-state index contributed by atoms with van der Waals surface area (Å²) in [4.78, 5) is 0. The molecule has 72 valence electrons. The van der Waals surface area contributed by atoms with Crippen molar-refractivity contribution in [2.24, 2.45) is 0 Å². The first-order chi connectivity index (χ1) is 6.20. The van der Waals surface area contributed by atoms with E-state index < -0.39 is 10.8 Å². The van der Waals surface area contributed by atoms with Crippen LogP contribution in [0.2, 0.25) is 0 Å². The minimum Gasteiger partial charge on any atom is -0.255 e. The van der Waals surface area contributed by atoms with E-state index in [0.717, 1.165) is 12.8 Å². The zero-order chi connectivity index (χ0) is 9.68. The van der Waals surface area contributed by atoms with Crippen LogP contribution in [0.5, 0.6) is 0 Å². The van der Waals surface area contributed by atoms with Gasteiger partial charge in [-0.15, -0.1) is 0 Å². The third-order valence-electron chi connectivity index (χ3n) is 2.20. The molecule has 0 bridgehead atoms. The van der Waals surface area contributed by atoms with Gasteiger partial charge in [-0.25, -0.2) is 0 Å². The minimum atomic E-state index is -0.836. The molecule has 0 saturated heterocycles. The fraction of sp³-hybridized carbons (Fsp3) is 0.455. The standard InChI is InChI=1S/C11H16OS/c1-10-6-3-4-7-11(10)8-5-9-13(2)12/h5,8-9H,1,3-4,6-7H2,2H3/b9-5+,11-8-. The smallest absolute Gasteiger partial charge is 0.0424 e. The van der Waals surface area contributed by atoms with Crippen LogP contribution in [0.25, 0.3) is 0 Å². The second kappa shape index (κ2) is 5.18. The van der Waals surface area contributed by atoms with Gasteiger partial charge >= 0.3 is 0 Å². The molecule has 1 nitrogen and oxygen atoms in total. The van der Waals surface area contributed by atoms with Gasteiger partial charge < -0.3 is 0 Å². The average Bonchev–Trinajstić information content (AvgIpc) is 2.08. The second-order valence-corrected chi connectivity index (χ2v) is 4.60. The molecule has 1 saturated carbocycles. The summed E-state index contributed by atoms with van der Waals surface area (Å²) in [6, 6.07) is 0. The topological polar surface area (TPSA) is 17.1 Å². The van der Waals surface area contributed by atoms with Crippen molar-refractivity contribution >= 4 is 10.8 Å². The molecule has 0 N–H and O–H groups in total. The SMILES string of the molecule is C=C1CCCC/C1=C/C=C/S(C)=O. The highest BCUT2D eigenvalue weighted by atomic mass is 32.2. The molecular formula is C11H16OS. The summed E-state index contributed by atoms with van der Waals surface area (Å²) >= 11 is 0. The second-order valence-electron chi connectivity index (χ2n) is 3.33. The molecule has 0 radical (unpaired) electrons. The summed E-state index contributed by atoms with van der Waals surface area (Å²) in [6.45, 7) is 4.02. The predicted octanol–water partition coefficient (Wildman–Crippen LogP) is 2.94. The quantitative estimate of drug-likeness (QED) is 0.663. The first-order valence-electron chi connectivity index (χ1n) is 4.58. The molecule has 1 atom stereocenters. The molecule has 1 rings (SSSR count). The Bertz CT molecular complexity index is 274. The van der Waals surface area contributed by atoms with E-state index in [2.05, 4.69) is 6.58 Å². The Balaban J connectivity index is 2.58. The predicted molar refractivity (Wildman–Crippen MR) is 58.9 cm³/mol. The maximum Gasteiger partial charge on any atom is 0.0424 e. The molecule has 2 heteroatoms. The van der Waals surface area contributed by atoms with E-state index in [9.17, 15) is 4.21 Å². The summed E-state index contributed by atoms with van der Waals surface area (Å²) in [5, 5.41) is 1.70. The molecule has 0 aliphatic heterocycles. The highest BCUT2D eigenvalue weighted by Gasteiger charge is 2.07. The van der Waals surface area contributed by atoms with Crippen molar-refractivity contribution in [2.45, 2.75) is 25.7 Å². The van der Waals surface area contributed by atoms with E-state index in [1.54, 1.807) is 11.7 Å². The fourth-order valence-corrected chi connectivity index (χ4v) is 1.76. The third-order valence-corrected chi connectivity index (χ3v) is 2.74. The number of allylic oxidation sites excluding steroid dienone is 4. The van der Waals surface area contributed by atoms with Gasteiger partial charge in [-0.1, -0.05) is 24.3 Å². The molecule has 0 aromatic rings. The van der Waals surface area contributed by atoms with Crippen molar-refractivity contribution in [2.75, 3.05) is 6.26 Å². The van der Waals surface area contributed by atoms with Crippen LogP contribution in [0, 0.1) is 0 Å². The first kappa shape index (κ1) is 10.5.